The fraction of sp³-hybridized carbons (Fsp3) is 0.700. The zero-order valence-electron chi connectivity index (χ0n) is 19.5. The molecule has 5 atom stereocenters. The minimum Gasteiger partial charge on any atom is -0.465 e. The van der Waals surface area contributed by atoms with Gasteiger partial charge in [-0.3, -0.25) is 24.0 Å². The summed E-state index contributed by atoms with van der Waals surface area (Å²) in [6, 6.07) is -1.03. The van der Waals surface area contributed by atoms with Gasteiger partial charge in [-0.2, -0.15) is 0 Å². The van der Waals surface area contributed by atoms with Gasteiger partial charge in [0.15, 0.2) is 18.8 Å². The first-order valence-electron chi connectivity index (χ1n) is 10.2. The number of hydrogen-bond donors (Lipinski definition) is 2. The van der Waals surface area contributed by atoms with E-state index in [1.807, 2.05) is 0 Å². The molecule has 14 nitrogen and oxygen atoms in total. The molecule has 1 amide bonds. The lowest BCUT2D eigenvalue weighted by atomic mass is 9.90. The topological polar surface area (TPSA) is 190 Å². The second-order valence-electron chi connectivity index (χ2n) is 7.38. The molecule has 0 aromatic carbocycles. The molecule has 1 aliphatic rings. The highest BCUT2D eigenvalue weighted by atomic mass is 16.7. The number of esters is 5. The minimum absolute atomic E-state index is 0.0970. The van der Waals surface area contributed by atoms with Crippen molar-refractivity contribution < 1.29 is 62.3 Å². The Kier molecular flexibility index (Phi) is 10.9. The number of hydrogen-bond acceptors (Lipinski definition) is 13. The van der Waals surface area contributed by atoms with Crippen LogP contribution in [0.1, 0.15) is 40.5 Å². The van der Waals surface area contributed by atoms with E-state index in [9.17, 15) is 33.9 Å². The molecule has 1 rings (SSSR count). The summed E-state index contributed by atoms with van der Waals surface area (Å²) in [4.78, 5) is 70.2. The molecular weight excluding hydrogens is 462 g/mol. The Bertz CT molecular complexity index is 797. The Labute approximate surface area is 195 Å². The molecule has 0 aliphatic carbocycles. The predicted octanol–water partition coefficient (Wildman–Crippen LogP) is -1.50. The van der Waals surface area contributed by atoms with Crippen molar-refractivity contribution in [3.05, 3.63) is 0 Å². The standard InChI is InChI=1S/C20H29NO13/c1-10(22)30-8-15(32-12(3)24)18(33-13(4)25)17-14(21-16(26)9-31-11(2)23)6-7-20(28,34-17)19(27)29-5/h14-15,17-18,28H,6-9H2,1-5H3,(H,21,26)/t14-,15-,17-,18-,20+/m1/s1. The summed E-state index contributed by atoms with van der Waals surface area (Å²) in [6.07, 6.45) is -4.92. The van der Waals surface area contributed by atoms with Gasteiger partial charge in [-0.15, -0.1) is 0 Å². The van der Waals surface area contributed by atoms with E-state index in [4.69, 9.17) is 18.9 Å². The van der Waals surface area contributed by atoms with E-state index in [2.05, 4.69) is 14.8 Å². The van der Waals surface area contributed by atoms with Gasteiger partial charge in [-0.1, -0.05) is 0 Å². The summed E-state index contributed by atoms with van der Waals surface area (Å²) in [5.74, 6) is -7.55. The average molecular weight is 491 g/mol. The summed E-state index contributed by atoms with van der Waals surface area (Å²) in [7, 11) is 1.01. The van der Waals surface area contributed by atoms with Crippen LogP contribution in [0.3, 0.4) is 0 Å². The number of amides is 1. The van der Waals surface area contributed by atoms with Crippen LogP contribution >= 0.6 is 0 Å². The molecule has 192 valence electrons. The van der Waals surface area contributed by atoms with Crippen molar-refractivity contribution in [2.24, 2.45) is 0 Å². The maximum absolute atomic E-state index is 12.3. The maximum Gasteiger partial charge on any atom is 0.366 e. The molecule has 0 radical (unpaired) electrons. The quantitative estimate of drug-likeness (QED) is 0.265. The van der Waals surface area contributed by atoms with Crippen LogP contribution in [0.15, 0.2) is 0 Å². The van der Waals surface area contributed by atoms with Gasteiger partial charge in [0.25, 0.3) is 11.7 Å². The van der Waals surface area contributed by atoms with E-state index < -0.39 is 79.1 Å². The monoisotopic (exact) mass is 491 g/mol. The van der Waals surface area contributed by atoms with Gasteiger partial charge in [0.05, 0.1) is 13.2 Å². The Morgan fingerprint density at radius 2 is 1.56 bits per heavy atom. The average Bonchev–Trinajstić information content (AvgIpc) is 2.73. The van der Waals surface area contributed by atoms with E-state index in [0.717, 1.165) is 34.8 Å². The van der Waals surface area contributed by atoms with Gasteiger partial charge in [-0.25, -0.2) is 4.79 Å². The van der Waals surface area contributed by atoms with Crippen LogP contribution in [0, 0.1) is 0 Å². The highest BCUT2D eigenvalue weighted by Gasteiger charge is 2.52. The second-order valence-corrected chi connectivity index (χ2v) is 7.38. The van der Waals surface area contributed by atoms with E-state index in [1.165, 1.54) is 0 Å². The molecule has 0 saturated carbocycles. The third-order valence-corrected chi connectivity index (χ3v) is 4.54. The summed E-state index contributed by atoms with van der Waals surface area (Å²) in [5.41, 5.74) is 0. The van der Waals surface area contributed by atoms with E-state index in [1.54, 1.807) is 0 Å². The van der Waals surface area contributed by atoms with E-state index in [-0.39, 0.29) is 12.8 Å². The normalized spacial score (nSPS) is 23.5. The molecule has 1 fully saturated rings. The summed E-state index contributed by atoms with van der Waals surface area (Å²) >= 11 is 0. The van der Waals surface area contributed by atoms with Crippen molar-refractivity contribution in [3.63, 3.8) is 0 Å². The smallest absolute Gasteiger partial charge is 0.366 e. The molecule has 0 aromatic heterocycles. The zero-order chi connectivity index (χ0) is 26.1. The number of carbonyl (C=O) groups excluding carboxylic acids is 6. The highest BCUT2D eigenvalue weighted by Crippen LogP contribution is 2.32. The van der Waals surface area contributed by atoms with Crippen molar-refractivity contribution >= 4 is 35.8 Å². The zero-order valence-corrected chi connectivity index (χ0v) is 19.5. The first-order valence-corrected chi connectivity index (χ1v) is 10.2. The molecule has 34 heavy (non-hydrogen) atoms. The van der Waals surface area contributed by atoms with Crippen LogP contribution in [0.5, 0.6) is 0 Å². The Hall–Kier alpha value is -3.26. The van der Waals surface area contributed by atoms with E-state index in [0.29, 0.717) is 0 Å². The van der Waals surface area contributed by atoms with Crippen LogP contribution in [0.25, 0.3) is 0 Å². The lowest BCUT2D eigenvalue weighted by molar-refractivity contribution is -0.283. The summed E-state index contributed by atoms with van der Waals surface area (Å²) in [6.45, 7) is 3.07. The molecule has 0 bridgehead atoms. The molecule has 2 N–H and O–H groups in total. The first kappa shape index (κ1) is 28.8. The van der Waals surface area contributed by atoms with Crippen molar-refractivity contribution in [2.75, 3.05) is 20.3 Å². The fourth-order valence-corrected chi connectivity index (χ4v) is 3.21. The maximum atomic E-state index is 12.3. The third kappa shape index (κ3) is 8.94. The number of rotatable bonds is 10. The molecule has 1 saturated heterocycles. The number of methoxy groups -OCH3 is 1. The van der Waals surface area contributed by atoms with Gasteiger partial charge < -0.3 is 38.8 Å². The highest BCUT2D eigenvalue weighted by molar-refractivity contribution is 5.80. The van der Waals surface area contributed by atoms with Crippen molar-refractivity contribution in [1.82, 2.24) is 5.32 Å². The van der Waals surface area contributed by atoms with Gasteiger partial charge in [0.1, 0.15) is 12.7 Å². The van der Waals surface area contributed by atoms with Crippen molar-refractivity contribution in [3.8, 4) is 0 Å². The largest absolute Gasteiger partial charge is 0.465 e. The fourth-order valence-electron chi connectivity index (χ4n) is 3.21. The van der Waals surface area contributed by atoms with E-state index >= 15 is 0 Å². The van der Waals surface area contributed by atoms with Crippen LogP contribution < -0.4 is 5.32 Å². The van der Waals surface area contributed by atoms with Gasteiger partial charge in [0, 0.05) is 34.1 Å². The van der Waals surface area contributed by atoms with Crippen molar-refractivity contribution in [1.29, 1.82) is 0 Å². The Balaban J connectivity index is 3.37. The number of nitrogens with one attached hydrogen (secondary N) is 1. The predicted molar refractivity (Wildman–Crippen MR) is 107 cm³/mol. The number of aliphatic hydroxyl groups is 1. The summed E-state index contributed by atoms with van der Waals surface area (Å²) in [5, 5.41) is 13.2. The molecule has 0 unspecified atom stereocenters. The molecule has 1 heterocycles. The van der Waals surface area contributed by atoms with Crippen LogP contribution in [-0.4, -0.2) is 91.3 Å². The molecule has 0 spiro atoms. The Morgan fingerprint density at radius 3 is 2.06 bits per heavy atom. The molecule has 14 heteroatoms. The second kappa shape index (κ2) is 12.8. The minimum atomic E-state index is -2.49. The van der Waals surface area contributed by atoms with Crippen LogP contribution in [0.4, 0.5) is 0 Å². The molecule has 0 aromatic rings. The van der Waals surface area contributed by atoms with Crippen molar-refractivity contribution in [2.45, 2.75) is 70.7 Å². The number of carbonyl (C=O) groups is 6. The van der Waals surface area contributed by atoms with Gasteiger partial charge in [-0.05, 0) is 6.42 Å². The Morgan fingerprint density at radius 1 is 0.971 bits per heavy atom. The summed E-state index contributed by atoms with van der Waals surface area (Å²) < 4.78 is 30.1. The molecule has 1 aliphatic heterocycles. The lowest BCUT2D eigenvalue weighted by Gasteiger charge is -2.44. The van der Waals surface area contributed by atoms with Crippen LogP contribution in [0.2, 0.25) is 0 Å². The van der Waals surface area contributed by atoms with Gasteiger partial charge >= 0.3 is 29.8 Å². The number of ether oxygens (including phenoxy) is 6. The lowest BCUT2D eigenvalue weighted by Crippen LogP contribution is -2.63. The SMILES string of the molecule is COC(=O)[C@]1(O)CC[C@@H](NC(=O)COC(C)=O)[C@H]([C@H](OC(C)=O)[C@@H](COC(C)=O)OC(C)=O)O1. The van der Waals surface area contributed by atoms with Crippen LogP contribution in [-0.2, 0) is 57.2 Å². The third-order valence-electron chi connectivity index (χ3n) is 4.54. The first-order chi connectivity index (χ1) is 15.8. The molecular formula is C20H29NO13. The van der Waals surface area contributed by atoms with Gasteiger partial charge in [0.2, 0.25) is 0 Å².